The molecule has 0 aliphatic rings. The number of rotatable bonds is 10. The van der Waals surface area contributed by atoms with Gasteiger partial charge in [0.05, 0.1) is 13.3 Å². The highest BCUT2D eigenvalue weighted by Gasteiger charge is 2.14. The summed E-state index contributed by atoms with van der Waals surface area (Å²) in [5.74, 6) is 1.77. The molecule has 0 radical (unpaired) electrons. The predicted octanol–water partition coefficient (Wildman–Crippen LogP) is 4.77. The van der Waals surface area contributed by atoms with Gasteiger partial charge < -0.3 is 10.1 Å². The van der Waals surface area contributed by atoms with Crippen LogP contribution in [0.1, 0.15) is 50.8 Å². The van der Waals surface area contributed by atoms with Crippen LogP contribution in [-0.4, -0.2) is 22.9 Å². The molecule has 1 unspecified atom stereocenters. The van der Waals surface area contributed by atoms with Crippen molar-refractivity contribution in [1.29, 1.82) is 0 Å². The van der Waals surface area contributed by atoms with Crippen LogP contribution in [0.25, 0.3) is 11.4 Å². The van der Waals surface area contributed by atoms with Crippen molar-refractivity contribution in [1.82, 2.24) is 15.1 Å². The fourth-order valence-electron chi connectivity index (χ4n) is 3.18. The predicted molar refractivity (Wildman–Crippen MR) is 119 cm³/mol. The molecule has 146 valence electrons. The Morgan fingerprint density at radius 3 is 2.52 bits per heavy atom. The van der Waals surface area contributed by atoms with Crippen molar-refractivity contribution in [2.24, 2.45) is 0 Å². The van der Waals surface area contributed by atoms with E-state index in [4.69, 9.17) is 4.74 Å². The van der Waals surface area contributed by atoms with Crippen molar-refractivity contribution in [2.75, 3.05) is 7.11 Å². The Bertz CT molecular complexity index is 789. The monoisotopic (exact) mass is 385 g/mol. The summed E-state index contributed by atoms with van der Waals surface area (Å²) in [5.41, 5.74) is 2.97. The molecule has 4 nitrogen and oxygen atoms in total. The minimum Gasteiger partial charge on any atom is -0.496 e. The molecule has 1 aromatic heterocycles. The first kappa shape index (κ1) is 21.2. The summed E-state index contributed by atoms with van der Waals surface area (Å²) in [4.78, 5) is 0. The average molecular weight is 385 g/mol. The molecule has 0 bridgehead atoms. The smallest absolute Gasteiger partial charge is 0.128 e. The zero-order chi connectivity index (χ0) is 19.8. The lowest BCUT2D eigenvalue weighted by Gasteiger charge is -2.22. The number of aromatic nitrogens is 2. The normalized spacial score (nSPS) is 11.7. The van der Waals surface area contributed by atoms with Crippen LogP contribution in [0.3, 0.4) is 0 Å². The molecule has 0 aliphatic carbocycles. The van der Waals surface area contributed by atoms with E-state index in [1.54, 1.807) is 7.11 Å². The van der Waals surface area contributed by atoms with Crippen LogP contribution >= 0.6 is 9.24 Å². The summed E-state index contributed by atoms with van der Waals surface area (Å²) in [6.07, 6.45) is 8.48. The fourth-order valence-corrected chi connectivity index (χ4v) is 3.37. The second-order valence-corrected chi connectivity index (χ2v) is 7.39. The number of hydrogen-bond donors (Lipinski definition) is 1. The summed E-state index contributed by atoms with van der Waals surface area (Å²) >= 11 is 0. The highest BCUT2D eigenvalue weighted by atomic mass is 31.0. The molecule has 2 aromatic rings. The van der Waals surface area contributed by atoms with Gasteiger partial charge in [-0.25, -0.2) is 4.68 Å². The molecule has 0 aliphatic heterocycles. The Balaban J connectivity index is 2.43. The molecule has 0 spiro atoms. The van der Waals surface area contributed by atoms with Gasteiger partial charge in [-0.15, -0.1) is 9.24 Å². The van der Waals surface area contributed by atoms with Crippen LogP contribution in [0, 0.1) is 6.92 Å². The molecule has 1 atom stereocenters. The molecule has 1 aromatic carbocycles. The highest BCUT2D eigenvalue weighted by molar-refractivity contribution is 7.27. The maximum absolute atomic E-state index is 5.50. The van der Waals surface area contributed by atoms with Crippen LogP contribution in [0.4, 0.5) is 0 Å². The summed E-state index contributed by atoms with van der Waals surface area (Å²) in [5, 5.41) is 9.38. The van der Waals surface area contributed by atoms with Crippen LogP contribution in [0.15, 0.2) is 43.1 Å². The van der Waals surface area contributed by atoms with E-state index in [0.29, 0.717) is 6.04 Å². The molecule has 0 fully saturated rings. The standard InChI is InChI=1S/C22H32N3OP/c1-6-10-18(11-7-2)24-22(25-17(4)21(27)15-23-25)14-16(3)19-12-8-9-13-20(19)26-5/h8-9,12-15,18,24H,3,6-7,10-11,27H2,1-2,4-5H3/b22-14-. The van der Waals surface area contributed by atoms with E-state index in [0.717, 1.165) is 59.4 Å². The number of hydrogen-bond acceptors (Lipinski definition) is 3. The molecule has 1 heterocycles. The first-order valence-electron chi connectivity index (χ1n) is 9.62. The molecule has 0 saturated heterocycles. The Morgan fingerprint density at radius 1 is 1.30 bits per heavy atom. The van der Waals surface area contributed by atoms with Gasteiger partial charge in [0.25, 0.3) is 0 Å². The van der Waals surface area contributed by atoms with Gasteiger partial charge in [0, 0.05) is 22.6 Å². The second-order valence-electron chi connectivity index (χ2n) is 6.77. The summed E-state index contributed by atoms with van der Waals surface area (Å²) < 4.78 is 7.46. The Morgan fingerprint density at radius 2 is 1.96 bits per heavy atom. The SMILES string of the molecule is C=C(/C=C(/NC(CCC)CCC)n1ncc(P)c1C)c1ccccc1OC. The Labute approximate surface area is 165 Å². The zero-order valence-corrected chi connectivity index (χ0v) is 18.1. The minimum atomic E-state index is 0.410. The van der Waals surface area contributed by atoms with Crippen molar-refractivity contribution >= 4 is 25.9 Å². The molecule has 27 heavy (non-hydrogen) atoms. The molecule has 1 N–H and O–H groups in total. The highest BCUT2D eigenvalue weighted by Crippen LogP contribution is 2.27. The quantitative estimate of drug-likeness (QED) is 0.473. The zero-order valence-electron chi connectivity index (χ0n) is 17.0. The third kappa shape index (κ3) is 5.46. The lowest BCUT2D eigenvalue weighted by Crippen LogP contribution is -2.31. The molecule has 0 amide bonds. The Kier molecular flexibility index (Phi) is 8.12. The number of allylic oxidation sites excluding steroid dienone is 2. The largest absolute Gasteiger partial charge is 0.496 e. The molecule has 5 heteroatoms. The lowest BCUT2D eigenvalue weighted by molar-refractivity contribution is 0.413. The number of nitrogens with one attached hydrogen (secondary N) is 1. The second kappa shape index (κ2) is 10.3. The average Bonchev–Trinajstić information content (AvgIpc) is 3.00. The van der Waals surface area contributed by atoms with Crippen LogP contribution < -0.4 is 15.4 Å². The van der Waals surface area contributed by atoms with Crippen LogP contribution in [0.5, 0.6) is 5.75 Å². The van der Waals surface area contributed by atoms with E-state index in [1.807, 2.05) is 35.1 Å². The van der Waals surface area contributed by atoms with E-state index >= 15 is 0 Å². The lowest BCUT2D eigenvalue weighted by atomic mass is 10.0. The van der Waals surface area contributed by atoms with E-state index in [1.165, 1.54) is 0 Å². The van der Waals surface area contributed by atoms with Gasteiger partial charge in [-0.05, 0) is 37.5 Å². The number of para-hydroxylation sites is 1. The van der Waals surface area contributed by atoms with Gasteiger partial charge in [-0.1, -0.05) is 51.5 Å². The first-order chi connectivity index (χ1) is 13.0. The topological polar surface area (TPSA) is 39.1 Å². The van der Waals surface area contributed by atoms with Crippen LogP contribution in [0.2, 0.25) is 0 Å². The molecule has 0 saturated carbocycles. The van der Waals surface area contributed by atoms with E-state index < -0.39 is 0 Å². The number of ether oxygens (including phenoxy) is 1. The fraction of sp³-hybridized carbons (Fsp3) is 0.409. The van der Waals surface area contributed by atoms with Gasteiger partial charge in [0.15, 0.2) is 0 Å². The van der Waals surface area contributed by atoms with Crippen molar-refractivity contribution in [2.45, 2.75) is 52.5 Å². The maximum atomic E-state index is 5.50. The van der Waals surface area contributed by atoms with Gasteiger partial charge in [0.1, 0.15) is 11.6 Å². The van der Waals surface area contributed by atoms with Gasteiger partial charge in [-0.2, -0.15) is 5.10 Å². The van der Waals surface area contributed by atoms with Crippen molar-refractivity contribution in [3.63, 3.8) is 0 Å². The van der Waals surface area contributed by atoms with Gasteiger partial charge in [-0.3, -0.25) is 0 Å². The molecular weight excluding hydrogens is 353 g/mol. The number of methoxy groups -OCH3 is 1. The maximum Gasteiger partial charge on any atom is 0.128 e. The minimum absolute atomic E-state index is 0.410. The van der Waals surface area contributed by atoms with E-state index in [9.17, 15) is 0 Å². The van der Waals surface area contributed by atoms with Crippen molar-refractivity contribution in [3.05, 3.63) is 54.4 Å². The van der Waals surface area contributed by atoms with Gasteiger partial charge in [0.2, 0.25) is 0 Å². The summed E-state index contributed by atoms with van der Waals surface area (Å²) in [6, 6.07) is 8.37. The third-order valence-electron chi connectivity index (χ3n) is 4.67. The van der Waals surface area contributed by atoms with E-state index in [-0.39, 0.29) is 0 Å². The van der Waals surface area contributed by atoms with Crippen molar-refractivity contribution in [3.8, 4) is 5.75 Å². The third-order valence-corrected chi connectivity index (χ3v) is 5.23. The van der Waals surface area contributed by atoms with Crippen LogP contribution in [-0.2, 0) is 0 Å². The van der Waals surface area contributed by atoms with E-state index in [2.05, 4.69) is 53.1 Å². The number of benzene rings is 1. The molecule has 2 rings (SSSR count). The van der Waals surface area contributed by atoms with Crippen molar-refractivity contribution < 1.29 is 4.74 Å². The summed E-state index contributed by atoms with van der Waals surface area (Å²) in [7, 11) is 4.43. The number of nitrogens with zero attached hydrogens (tertiary/aromatic N) is 2. The Hall–Kier alpha value is -2.06. The molecular formula is C22H32N3OP. The first-order valence-corrected chi connectivity index (χ1v) is 10.2. The van der Waals surface area contributed by atoms with Gasteiger partial charge >= 0.3 is 0 Å². The summed E-state index contributed by atoms with van der Waals surface area (Å²) in [6.45, 7) is 10.8.